The fourth-order valence-corrected chi connectivity index (χ4v) is 4.26. The molecule has 0 bridgehead atoms. The highest BCUT2D eigenvalue weighted by molar-refractivity contribution is 6.09. The Bertz CT molecular complexity index is 899. The van der Waals surface area contributed by atoms with Gasteiger partial charge in [0, 0.05) is 5.56 Å². The van der Waals surface area contributed by atoms with Crippen LogP contribution in [0.1, 0.15) is 43.0 Å². The molecule has 1 saturated carbocycles. The van der Waals surface area contributed by atoms with Gasteiger partial charge in [0.1, 0.15) is 25.3 Å². The number of benzene rings is 1. The molecule has 0 unspecified atom stereocenters. The van der Waals surface area contributed by atoms with Gasteiger partial charge in [0.2, 0.25) is 0 Å². The highest BCUT2D eigenvalue weighted by Gasteiger charge is 2.55. The SMILES string of the molecule is C[C@H]1CCCC[C@@]12NC(=O)N(CC(=O)OCC(=O)c1ccc3c(c1)OCCO3)C2=O. The van der Waals surface area contributed by atoms with E-state index in [1.54, 1.807) is 12.1 Å². The normalized spacial score (nSPS) is 25.2. The van der Waals surface area contributed by atoms with Gasteiger partial charge in [-0.05, 0) is 37.0 Å². The number of nitrogens with zero attached hydrogens (tertiary/aromatic N) is 1. The van der Waals surface area contributed by atoms with Crippen LogP contribution in [-0.4, -0.2) is 60.5 Å². The lowest BCUT2D eigenvalue weighted by Gasteiger charge is -2.36. The minimum absolute atomic E-state index is 0.000468. The molecule has 1 saturated heterocycles. The van der Waals surface area contributed by atoms with E-state index in [1.165, 1.54) is 6.07 Å². The Morgan fingerprint density at radius 1 is 1.20 bits per heavy atom. The van der Waals surface area contributed by atoms with Crippen molar-refractivity contribution in [3.8, 4) is 11.5 Å². The van der Waals surface area contributed by atoms with E-state index in [1.807, 2.05) is 6.92 Å². The first-order valence-corrected chi connectivity index (χ1v) is 10.1. The number of Topliss-reactive ketones (excluding diaryl/α,β-unsaturated/α-hetero) is 1. The summed E-state index contributed by atoms with van der Waals surface area (Å²) >= 11 is 0. The second-order valence-electron chi connectivity index (χ2n) is 7.88. The van der Waals surface area contributed by atoms with Gasteiger partial charge in [0.15, 0.2) is 23.9 Å². The Balaban J connectivity index is 1.34. The molecule has 2 fully saturated rings. The third-order valence-electron chi connectivity index (χ3n) is 6.02. The van der Waals surface area contributed by atoms with Gasteiger partial charge in [-0.2, -0.15) is 0 Å². The molecule has 2 atom stereocenters. The number of imide groups is 1. The maximum atomic E-state index is 12.9. The second kappa shape index (κ2) is 7.97. The summed E-state index contributed by atoms with van der Waals surface area (Å²) in [5, 5.41) is 2.78. The molecule has 4 rings (SSSR count). The number of carbonyl (C=O) groups is 4. The number of nitrogens with one attached hydrogen (secondary N) is 1. The molecule has 2 heterocycles. The summed E-state index contributed by atoms with van der Waals surface area (Å²) in [5.74, 6) is -0.612. The molecule has 1 aliphatic carbocycles. The van der Waals surface area contributed by atoms with Crippen LogP contribution in [0, 0.1) is 5.92 Å². The lowest BCUT2D eigenvalue weighted by molar-refractivity contribution is -0.147. The molecule has 1 spiro atoms. The Kier molecular flexibility index (Phi) is 5.36. The average Bonchev–Trinajstić information content (AvgIpc) is 2.98. The van der Waals surface area contributed by atoms with Crippen molar-refractivity contribution in [2.45, 2.75) is 38.1 Å². The highest BCUT2D eigenvalue weighted by atomic mass is 16.6. The van der Waals surface area contributed by atoms with Crippen molar-refractivity contribution >= 4 is 23.7 Å². The van der Waals surface area contributed by atoms with Gasteiger partial charge in [-0.15, -0.1) is 0 Å². The number of hydrogen-bond acceptors (Lipinski definition) is 7. The van der Waals surface area contributed by atoms with Gasteiger partial charge in [-0.3, -0.25) is 19.3 Å². The first kappa shape index (κ1) is 20.2. The van der Waals surface area contributed by atoms with Crippen LogP contribution in [0.15, 0.2) is 18.2 Å². The van der Waals surface area contributed by atoms with Crippen LogP contribution in [0.5, 0.6) is 11.5 Å². The minimum atomic E-state index is -0.934. The fourth-order valence-electron chi connectivity index (χ4n) is 4.26. The number of urea groups is 1. The molecule has 1 aromatic carbocycles. The Labute approximate surface area is 173 Å². The van der Waals surface area contributed by atoms with E-state index in [0.29, 0.717) is 36.7 Å². The molecule has 1 N–H and O–H groups in total. The zero-order valence-corrected chi connectivity index (χ0v) is 16.8. The molecule has 30 heavy (non-hydrogen) atoms. The quantitative estimate of drug-likeness (QED) is 0.442. The Morgan fingerprint density at radius 2 is 1.97 bits per heavy atom. The number of rotatable bonds is 5. The fraction of sp³-hybridized carbons (Fsp3) is 0.524. The summed E-state index contributed by atoms with van der Waals surface area (Å²) in [6, 6.07) is 4.14. The summed E-state index contributed by atoms with van der Waals surface area (Å²) in [5.41, 5.74) is -0.617. The lowest BCUT2D eigenvalue weighted by atomic mass is 9.73. The van der Waals surface area contributed by atoms with Gasteiger partial charge in [-0.1, -0.05) is 19.8 Å². The van der Waals surface area contributed by atoms with Gasteiger partial charge < -0.3 is 19.5 Å². The molecular formula is C21H24N2O7. The van der Waals surface area contributed by atoms with Gasteiger partial charge in [0.05, 0.1) is 0 Å². The maximum absolute atomic E-state index is 12.9. The van der Waals surface area contributed by atoms with Gasteiger partial charge >= 0.3 is 12.0 Å². The highest BCUT2D eigenvalue weighted by Crippen LogP contribution is 2.38. The lowest BCUT2D eigenvalue weighted by Crippen LogP contribution is -2.54. The van der Waals surface area contributed by atoms with E-state index in [0.717, 1.165) is 24.2 Å². The average molecular weight is 416 g/mol. The van der Waals surface area contributed by atoms with Crippen molar-refractivity contribution in [3.05, 3.63) is 23.8 Å². The summed E-state index contributed by atoms with van der Waals surface area (Å²) in [7, 11) is 0. The first-order valence-electron chi connectivity index (χ1n) is 10.1. The van der Waals surface area contributed by atoms with Crippen LogP contribution in [0.2, 0.25) is 0 Å². The molecule has 9 heteroatoms. The van der Waals surface area contributed by atoms with Crippen molar-refractivity contribution in [2.75, 3.05) is 26.4 Å². The number of amides is 3. The largest absolute Gasteiger partial charge is 0.486 e. The molecule has 9 nitrogen and oxygen atoms in total. The third kappa shape index (κ3) is 3.59. The van der Waals surface area contributed by atoms with E-state index in [2.05, 4.69) is 5.32 Å². The topological polar surface area (TPSA) is 111 Å². The molecule has 3 aliphatic rings. The van der Waals surface area contributed by atoms with Crippen LogP contribution < -0.4 is 14.8 Å². The van der Waals surface area contributed by atoms with Gasteiger partial charge in [-0.25, -0.2) is 4.79 Å². The molecule has 2 aliphatic heterocycles. The number of hydrogen-bond donors (Lipinski definition) is 1. The predicted octanol–water partition coefficient (Wildman–Crippen LogP) is 1.68. The molecule has 0 aromatic heterocycles. The minimum Gasteiger partial charge on any atom is -0.486 e. The zero-order chi connectivity index (χ0) is 21.3. The van der Waals surface area contributed by atoms with Crippen LogP contribution in [0.3, 0.4) is 0 Å². The molecular weight excluding hydrogens is 392 g/mol. The van der Waals surface area contributed by atoms with Gasteiger partial charge in [0.25, 0.3) is 5.91 Å². The van der Waals surface area contributed by atoms with E-state index in [9.17, 15) is 19.2 Å². The van der Waals surface area contributed by atoms with Crippen LogP contribution in [0.25, 0.3) is 0 Å². The van der Waals surface area contributed by atoms with E-state index in [-0.39, 0.29) is 5.92 Å². The summed E-state index contributed by atoms with van der Waals surface area (Å²) < 4.78 is 15.9. The summed E-state index contributed by atoms with van der Waals surface area (Å²) in [6.45, 7) is 1.76. The van der Waals surface area contributed by atoms with Crippen molar-refractivity contribution < 1.29 is 33.4 Å². The Hall–Kier alpha value is -3.10. The van der Waals surface area contributed by atoms with Crippen molar-refractivity contribution in [3.63, 3.8) is 0 Å². The number of fused-ring (bicyclic) bond motifs is 1. The van der Waals surface area contributed by atoms with Crippen molar-refractivity contribution in [1.29, 1.82) is 0 Å². The molecule has 160 valence electrons. The van der Waals surface area contributed by atoms with Crippen molar-refractivity contribution in [2.24, 2.45) is 5.92 Å². The Morgan fingerprint density at radius 3 is 2.73 bits per heavy atom. The predicted molar refractivity (Wildman–Crippen MR) is 103 cm³/mol. The number of carbonyl (C=O) groups excluding carboxylic acids is 4. The second-order valence-corrected chi connectivity index (χ2v) is 7.88. The molecule has 0 radical (unpaired) electrons. The number of esters is 1. The number of ketones is 1. The summed E-state index contributed by atoms with van der Waals surface area (Å²) in [4.78, 5) is 50.7. The standard InChI is InChI=1S/C21H24N2O7/c1-13-4-2-3-7-21(13)19(26)23(20(27)22-21)11-18(25)30-12-15(24)14-5-6-16-17(10-14)29-9-8-28-16/h5-6,10,13H,2-4,7-9,11-12H2,1H3,(H,22,27)/t13-,21+/m0/s1. The third-order valence-corrected chi connectivity index (χ3v) is 6.02. The van der Waals surface area contributed by atoms with Crippen LogP contribution >= 0.6 is 0 Å². The first-order chi connectivity index (χ1) is 14.4. The van der Waals surface area contributed by atoms with E-state index in [4.69, 9.17) is 14.2 Å². The monoisotopic (exact) mass is 416 g/mol. The number of ether oxygens (including phenoxy) is 3. The van der Waals surface area contributed by atoms with E-state index >= 15 is 0 Å². The molecule has 3 amide bonds. The van der Waals surface area contributed by atoms with E-state index < -0.39 is 42.4 Å². The van der Waals surface area contributed by atoms with Crippen LogP contribution in [-0.2, 0) is 14.3 Å². The maximum Gasteiger partial charge on any atom is 0.326 e. The smallest absolute Gasteiger partial charge is 0.326 e. The molecule has 1 aromatic rings. The summed E-state index contributed by atoms with van der Waals surface area (Å²) in [6.07, 6.45) is 3.26. The van der Waals surface area contributed by atoms with Crippen LogP contribution in [0.4, 0.5) is 4.79 Å². The van der Waals surface area contributed by atoms with Crippen molar-refractivity contribution in [1.82, 2.24) is 10.2 Å². The zero-order valence-electron chi connectivity index (χ0n) is 16.8.